The van der Waals surface area contributed by atoms with Crippen LogP contribution < -0.4 is 5.32 Å². The number of rotatable bonds is 6. The van der Waals surface area contributed by atoms with Crippen LogP contribution in [-0.4, -0.2) is 20.6 Å². The molecule has 0 atom stereocenters. The van der Waals surface area contributed by atoms with Crippen molar-refractivity contribution < 1.29 is 14.1 Å². The minimum Gasteiger partial charge on any atom is -0.348 e. The summed E-state index contributed by atoms with van der Waals surface area (Å²) in [5.74, 6) is -0.716. The van der Waals surface area contributed by atoms with Gasteiger partial charge in [0.2, 0.25) is 5.91 Å². The number of hydrogen-bond donors (Lipinski definition) is 1. The van der Waals surface area contributed by atoms with Gasteiger partial charge in [0.15, 0.2) is 0 Å². The quantitative estimate of drug-likeness (QED) is 0.371. The predicted molar refractivity (Wildman–Crippen MR) is 107 cm³/mol. The highest BCUT2D eigenvalue weighted by Crippen LogP contribution is 2.24. The molecule has 0 bridgehead atoms. The summed E-state index contributed by atoms with van der Waals surface area (Å²) < 4.78 is 14.6. The van der Waals surface area contributed by atoms with Gasteiger partial charge in [-0.25, -0.2) is 9.07 Å². The third-order valence-electron chi connectivity index (χ3n) is 4.13. The predicted octanol–water partition coefficient (Wildman–Crippen LogP) is 4.21. The molecule has 3 aromatic rings. The van der Waals surface area contributed by atoms with E-state index in [9.17, 15) is 19.3 Å². The first-order valence-electron chi connectivity index (χ1n) is 8.55. The van der Waals surface area contributed by atoms with Crippen molar-refractivity contribution in [3.05, 3.63) is 92.5 Å². The smallest absolute Gasteiger partial charge is 0.269 e. The third kappa shape index (κ3) is 4.85. The van der Waals surface area contributed by atoms with Crippen molar-refractivity contribution in [2.24, 2.45) is 0 Å². The zero-order valence-electron chi connectivity index (χ0n) is 15.3. The number of aromatic nitrogens is 2. The Kier molecular flexibility index (Phi) is 6.04. The van der Waals surface area contributed by atoms with Gasteiger partial charge in [-0.1, -0.05) is 23.7 Å². The molecule has 1 N–H and O–H groups in total. The molecule has 1 aromatic heterocycles. The molecule has 0 aliphatic rings. The van der Waals surface area contributed by atoms with Crippen molar-refractivity contribution >= 4 is 29.3 Å². The first-order chi connectivity index (χ1) is 13.8. The highest BCUT2D eigenvalue weighted by molar-refractivity contribution is 6.31. The number of nitro groups is 1. The zero-order chi connectivity index (χ0) is 21.0. The van der Waals surface area contributed by atoms with Gasteiger partial charge in [-0.2, -0.15) is 5.10 Å². The highest BCUT2D eigenvalue weighted by atomic mass is 35.5. The summed E-state index contributed by atoms with van der Waals surface area (Å²) >= 11 is 6.37. The molecular formula is C20H16ClFN4O3. The molecule has 0 spiro atoms. The molecule has 0 unspecified atom stereocenters. The second kappa shape index (κ2) is 8.66. The highest BCUT2D eigenvalue weighted by Gasteiger charge is 2.13. The fourth-order valence-corrected chi connectivity index (χ4v) is 2.93. The van der Waals surface area contributed by atoms with E-state index in [0.29, 0.717) is 22.1 Å². The topological polar surface area (TPSA) is 90.1 Å². The fourth-order valence-electron chi connectivity index (χ4n) is 2.60. The first-order valence-corrected chi connectivity index (χ1v) is 8.93. The maximum absolute atomic E-state index is 13.1. The molecule has 9 heteroatoms. The van der Waals surface area contributed by atoms with Gasteiger partial charge >= 0.3 is 0 Å². The molecule has 3 rings (SSSR count). The average Bonchev–Trinajstić information content (AvgIpc) is 2.99. The maximum Gasteiger partial charge on any atom is 0.269 e. The largest absolute Gasteiger partial charge is 0.348 e. The molecule has 1 amide bonds. The summed E-state index contributed by atoms with van der Waals surface area (Å²) in [7, 11) is 0. The number of nitrogens with one attached hydrogen (secondary N) is 1. The Morgan fingerprint density at radius 2 is 1.90 bits per heavy atom. The Bertz CT molecular complexity index is 1080. The number of aryl methyl sites for hydroxylation is 1. The van der Waals surface area contributed by atoms with Crippen molar-refractivity contribution in [2.45, 2.75) is 13.5 Å². The standard InChI is InChI=1S/C20H16ClFN4O3/c1-13-18(20(21)25(24-13)16-8-4-15(22)5-9-16)10-11-19(27)23-12-14-2-6-17(7-3-14)26(28)29/h2-11H,12H2,1H3,(H,23,27). The third-order valence-corrected chi connectivity index (χ3v) is 4.50. The van der Waals surface area contributed by atoms with Gasteiger partial charge in [-0.3, -0.25) is 14.9 Å². The molecule has 148 valence electrons. The molecule has 0 aliphatic heterocycles. The molecule has 7 nitrogen and oxygen atoms in total. The number of non-ortho nitro benzene ring substituents is 1. The molecular weight excluding hydrogens is 399 g/mol. The van der Waals surface area contributed by atoms with Gasteiger partial charge < -0.3 is 5.32 Å². The van der Waals surface area contributed by atoms with E-state index < -0.39 is 4.92 Å². The summed E-state index contributed by atoms with van der Waals surface area (Å²) in [6, 6.07) is 11.6. The lowest BCUT2D eigenvalue weighted by atomic mass is 10.2. The number of hydrogen-bond acceptors (Lipinski definition) is 4. The van der Waals surface area contributed by atoms with Crippen LogP contribution in [0.3, 0.4) is 0 Å². The van der Waals surface area contributed by atoms with E-state index in [1.54, 1.807) is 37.3 Å². The van der Waals surface area contributed by atoms with Gasteiger partial charge in [-0.05, 0) is 42.8 Å². The summed E-state index contributed by atoms with van der Waals surface area (Å²) in [6.07, 6.45) is 2.88. The molecule has 0 aliphatic carbocycles. The van der Waals surface area contributed by atoms with Crippen LogP contribution in [0.2, 0.25) is 5.15 Å². The fraction of sp³-hybridized carbons (Fsp3) is 0.100. The van der Waals surface area contributed by atoms with Crippen LogP contribution in [-0.2, 0) is 11.3 Å². The zero-order valence-corrected chi connectivity index (χ0v) is 16.1. The van der Waals surface area contributed by atoms with Crippen LogP contribution in [0.25, 0.3) is 11.8 Å². The molecule has 0 fully saturated rings. The van der Waals surface area contributed by atoms with Gasteiger partial charge in [0.25, 0.3) is 5.69 Å². The lowest BCUT2D eigenvalue weighted by Crippen LogP contribution is -2.20. The van der Waals surface area contributed by atoms with E-state index in [1.807, 2.05) is 0 Å². The Hall–Kier alpha value is -3.52. The summed E-state index contributed by atoms with van der Waals surface area (Å²) in [4.78, 5) is 22.3. The van der Waals surface area contributed by atoms with E-state index in [1.165, 1.54) is 35.0 Å². The van der Waals surface area contributed by atoms with E-state index >= 15 is 0 Å². The molecule has 0 saturated carbocycles. The first kappa shape index (κ1) is 20.2. The minimum absolute atomic E-state index is 0.0109. The van der Waals surface area contributed by atoms with Crippen molar-refractivity contribution in [1.82, 2.24) is 15.1 Å². The van der Waals surface area contributed by atoms with Crippen LogP contribution in [0.4, 0.5) is 10.1 Å². The maximum atomic E-state index is 13.1. The van der Waals surface area contributed by atoms with Crippen molar-refractivity contribution in [3.8, 4) is 5.69 Å². The molecule has 1 heterocycles. The number of amides is 1. The average molecular weight is 415 g/mol. The molecule has 0 saturated heterocycles. The normalized spacial score (nSPS) is 11.0. The number of carbonyl (C=O) groups is 1. The second-order valence-electron chi connectivity index (χ2n) is 6.15. The van der Waals surface area contributed by atoms with E-state index in [0.717, 1.165) is 5.56 Å². The van der Waals surface area contributed by atoms with Crippen LogP contribution >= 0.6 is 11.6 Å². The molecule has 2 aromatic carbocycles. The Balaban J connectivity index is 1.67. The number of nitrogens with zero attached hydrogens (tertiary/aromatic N) is 3. The van der Waals surface area contributed by atoms with Gasteiger partial charge in [0.1, 0.15) is 11.0 Å². The Morgan fingerprint density at radius 3 is 2.52 bits per heavy atom. The Labute approximate surface area is 170 Å². The van der Waals surface area contributed by atoms with Gasteiger partial charge in [-0.15, -0.1) is 0 Å². The van der Waals surface area contributed by atoms with E-state index in [-0.39, 0.29) is 24.0 Å². The van der Waals surface area contributed by atoms with E-state index in [2.05, 4.69) is 10.4 Å². The number of benzene rings is 2. The molecule has 0 radical (unpaired) electrons. The monoisotopic (exact) mass is 414 g/mol. The SMILES string of the molecule is Cc1nn(-c2ccc(F)cc2)c(Cl)c1C=CC(=O)NCc1ccc([N+](=O)[O-])cc1. The van der Waals surface area contributed by atoms with Crippen LogP contribution in [0.15, 0.2) is 54.6 Å². The lowest BCUT2D eigenvalue weighted by Gasteiger charge is -2.03. The van der Waals surface area contributed by atoms with Crippen molar-refractivity contribution in [2.75, 3.05) is 0 Å². The van der Waals surface area contributed by atoms with E-state index in [4.69, 9.17) is 11.6 Å². The number of carbonyl (C=O) groups excluding carboxylic acids is 1. The van der Waals surface area contributed by atoms with Crippen LogP contribution in [0.1, 0.15) is 16.8 Å². The van der Waals surface area contributed by atoms with Crippen molar-refractivity contribution in [1.29, 1.82) is 0 Å². The summed E-state index contributed by atoms with van der Waals surface area (Å²) in [6.45, 7) is 1.98. The van der Waals surface area contributed by atoms with Gasteiger partial charge in [0.05, 0.1) is 16.3 Å². The summed E-state index contributed by atoms with van der Waals surface area (Å²) in [5, 5.41) is 18.0. The van der Waals surface area contributed by atoms with Crippen LogP contribution in [0, 0.1) is 22.9 Å². The number of nitro benzene ring substituents is 1. The lowest BCUT2D eigenvalue weighted by molar-refractivity contribution is -0.384. The van der Waals surface area contributed by atoms with Gasteiger partial charge in [0, 0.05) is 30.3 Å². The number of halogens is 2. The second-order valence-corrected chi connectivity index (χ2v) is 6.51. The van der Waals surface area contributed by atoms with Crippen LogP contribution in [0.5, 0.6) is 0 Å². The Morgan fingerprint density at radius 1 is 1.24 bits per heavy atom. The van der Waals surface area contributed by atoms with Crippen molar-refractivity contribution in [3.63, 3.8) is 0 Å². The minimum atomic E-state index is -0.483. The molecule has 29 heavy (non-hydrogen) atoms. The summed E-state index contributed by atoms with van der Waals surface area (Å²) in [5.41, 5.74) is 2.50.